The van der Waals surface area contributed by atoms with Crippen molar-refractivity contribution < 1.29 is 4.79 Å². The summed E-state index contributed by atoms with van der Waals surface area (Å²) in [7, 11) is 3.70. The van der Waals surface area contributed by atoms with Crippen LogP contribution in [0.3, 0.4) is 0 Å². The highest BCUT2D eigenvalue weighted by Crippen LogP contribution is 2.23. The summed E-state index contributed by atoms with van der Waals surface area (Å²) in [5.41, 5.74) is 1.80. The van der Waals surface area contributed by atoms with Crippen LogP contribution >= 0.6 is 11.8 Å². The minimum absolute atomic E-state index is 0.0785. The first kappa shape index (κ1) is 12.9. The number of para-hydroxylation sites is 1. The molecule has 102 valence electrons. The number of benzene rings is 1. The maximum Gasteiger partial charge on any atom is 0.209 e. The SMILES string of the molecule is Cn1nnnc1SCC(=O)c1cn(C)c2ccccc12. The highest BCUT2D eigenvalue weighted by atomic mass is 32.2. The molecule has 7 heteroatoms. The third kappa shape index (κ3) is 2.20. The Labute approximate surface area is 119 Å². The smallest absolute Gasteiger partial charge is 0.209 e. The van der Waals surface area contributed by atoms with E-state index in [0.717, 1.165) is 16.5 Å². The third-order valence-corrected chi connectivity index (χ3v) is 4.12. The number of aromatic nitrogens is 5. The van der Waals surface area contributed by atoms with Gasteiger partial charge in [-0.1, -0.05) is 30.0 Å². The molecule has 2 heterocycles. The summed E-state index contributed by atoms with van der Waals surface area (Å²) < 4.78 is 3.53. The van der Waals surface area contributed by atoms with Crippen LogP contribution in [0.4, 0.5) is 0 Å². The molecule has 3 rings (SSSR count). The lowest BCUT2D eigenvalue weighted by Gasteiger charge is -1.99. The van der Waals surface area contributed by atoms with Crippen molar-refractivity contribution in [2.45, 2.75) is 5.16 Å². The predicted octanol–water partition coefficient (Wildman–Crippen LogP) is 1.68. The molecule has 0 aliphatic carbocycles. The minimum Gasteiger partial charge on any atom is -0.350 e. The molecule has 0 unspecified atom stereocenters. The molecule has 0 radical (unpaired) electrons. The summed E-state index contributed by atoms with van der Waals surface area (Å²) in [6.07, 6.45) is 1.88. The van der Waals surface area contributed by atoms with Gasteiger partial charge in [-0.25, -0.2) is 4.68 Å². The standard InChI is InChI=1S/C13H13N5OS/c1-17-7-10(9-5-3-4-6-11(9)17)12(19)8-20-13-14-15-16-18(13)2/h3-7H,8H2,1-2H3. The van der Waals surface area contributed by atoms with E-state index >= 15 is 0 Å². The maximum atomic E-state index is 12.4. The molecule has 0 N–H and O–H groups in total. The second-order valence-electron chi connectivity index (χ2n) is 4.47. The van der Waals surface area contributed by atoms with E-state index in [1.807, 2.05) is 42.1 Å². The van der Waals surface area contributed by atoms with Gasteiger partial charge < -0.3 is 4.57 Å². The fourth-order valence-electron chi connectivity index (χ4n) is 2.12. The summed E-state index contributed by atoms with van der Waals surface area (Å²) in [5.74, 6) is 0.400. The van der Waals surface area contributed by atoms with Gasteiger partial charge >= 0.3 is 0 Å². The van der Waals surface area contributed by atoms with E-state index in [0.29, 0.717) is 10.9 Å². The van der Waals surface area contributed by atoms with Crippen molar-refractivity contribution in [3.63, 3.8) is 0 Å². The van der Waals surface area contributed by atoms with E-state index in [4.69, 9.17) is 0 Å². The van der Waals surface area contributed by atoms with Crippen LogP contribution in [0.5, 0.6) is 0 Å². The van der Waals surface area contributed by atoms with Gasteiger partial charge in [-0.05, 0) is 16.5 Å². The van der Waals surface area contributed by atoms with E-state index in [-0.39, 0.29) is 5.78 Å². The van der Waals surface area contributed by atoms with Gasteiger partial charge in [-0.15, -0.1) is 5.10 Å². The van der Waals surface area contributed by atoms with Gasteiger partial charge in [0.1, 0.15) is 0 Å². The number of hydrogen-bond donors (Lipinski definition) is 0. The molecule has 20 heavy (non-hydrogen) atoms. The summed E-state index contributed by atoms with van der Waals surface area (Å²) >= 11 is 1.34. The number of nitrogens with zero attached hydrogens (tertiary/aromatic N) is 5. The van der Waals surface area contributed by atoms with Gasteiger partial charge in [0.2, 0.25) is 5.16 Å². The van der Waals surface area contributed by atoms with Crippen molar-refractivity contribution >= 4 is 28.4 Å². The molecule has 0 aliphatic heterocycles. The first-order valence-electron chi connectivity index (χ1n) is 6.09. The van der Waals surface area contributed by atoms with Crippen molar-refractivity contribution in [3.8, 4) is 0 Å². The topological polar surface area (TPSA) is 65.6 Å². The van der Waals surface area contributed by atoms with Gasteiger partial charge in [-0.3, -0.25) is 4.79 Å². The summed E-state index contributed by atoms with van der Waals surface area (Å²) in [5, 5.41) is 12.8. The molecule has 0 bridgehead atoms. The first-order chi connectivity index (χ1) is 9.66. The highest BCUT2D eigenvalue weighted by Gasteiger charge is 2.15. The molecule has 0 saturated carbocycles. The lowest BCUT2D eigenvalue weighted by Crippen LogP contribution is -2.03. The maximum absolute atomic E-state index is 12.4. The number of ketones is 1. The molecule has 0 amide bonds. The Bertz CT molecular complexity index is 776. The van der Waals surface area contributed by atoms with Gasteiger partial charge in [0, 0.05) is 36.8 Å². The van der Waals surface area contributed by atoms with Crippen molar-refractivity contribution in [3.05, 3.63) is 36.0 Å². The first-order valence-corrected chi connectivity index (χ1v) is 7.08. The van der Waals surface area contributed by atoms with Crippen LogP contribution in [0.2, 0.25) is 0 Å². The predicted molar refractivity (Wildman–Crippen MR) is 76.8 cm³/mol. The Morgan fingerprint density at radius 3 is 2.85 bits per heavy atom. The van der Waals surface area contributed by atoms with Gasteiger partial charge in [0.25, 0.3) is 0 Å². The third-order valence-electron chi connectivity index (χ3n) is 3.11. The Morgan fingerprint density at radius 1 is 1.30 bits per heavy atom. The van der Waals surface area contributed by atoms with Crippen LogP contribution < -0.4 is 0 Å². The Balaban J connectivity index is 1.84. The van der Waals surface area contributed by atoms with Gasteiger partial charge in [0.05, 0.1) is 5.75 Å². The summed E-state index contributed by atoms with van der Waals surface area (Å²) in [4.78, 5) is 12.4. The molecule has 0 atom stereocenters. The second-order valence-corrected chi connectivity index (χ2v) is 5.41. The quantitative estimate of drug-likeness (QED) is 0.539. The van der Waals surface area contributed by atoms with Gasteiger partial charge in [-0.2, -0.15) is 0 Å². The number of hydrogen-bond acceptors (Lipinski definition) is 5. The van der Waals surface area contributed by atoms with Crippen molar-refractivity contribution in [1.82, 2.24) is 24.8 Å². The van der Waals surface area contributed by atoms with Crippen LogP contribution in [0.25, 0.3) is 10.9 Å². The normalized spacial score (nSPS) is 11.1. The molecular formula is C13H13N5OS. The van der Waals surface area contributed by atoms with Crippen LogP contribution in [-0.2, 0) is 14.1 Å². The summed E-state index contributed by atoms with van der Waals surface area (Å²) in [6, 6.07) is 7.89. The highest BCUT2D eigenvalue weighted by molar-refractivity contribution is 7.99. The molecule has 0 aliphatic rings. The lowest BCUT2D eigenvalue weighted by atomic mass is 10.1. The number of tetrazole rings is 1. The molecule has 3 aromatic rings. The second kappa shape index (κ2) is 5.09. The fourth-order valence-corrected chi connectivity index (χ4v) is 2.85. The van der Waals surface area contributed by atoms with Crippen molar-refractivity contribution in [1.29, 1.82) is 0 Å². The molecule has 0 spiro atoms. The Morgan fingerprint density at radius 2 is 2.10 bits per heavy atom. The molecular weight excluding hydrogens is 274 g/mol. The van der Waals surface area contributed by atoms with Crippen LogP contribution in [0.15, 0.2) is 35.6 Å². The number of thioether (sulfide) groups is 1. The van der Waals surface area contributed by atoms with Crippen molar-refractivity contribution in [2.75, 3.05) is 5.75 Å². The van der Waals surface area contributed by atoms with E-state index in [1.165, 1.54) is 11.8 Å². The number of rotatable bonds is 4. The zero-order valence-electron chi connectivity index (χ0n) is 11.1. The fraction of sp³-hybridized carbons (Fsp3) is 0.231. The number of carbonyl (C=O) groups is 1. The molecule has 1 aromatic carbocycles. The Kier molecular flexibility index (Phi) is 3.27. The number of carbonyl (C=O) groups excluding carboxylic acids is 1. The lowest BCUT2D eigenvalue weighted by molar-refractivity contribution is 0.102. The average molecular weight is 287 g/mol. The van der Waals surface area contributed by atoms with Crippen LogP contribution in [0, 0.1) is 0 Å². The number of Topliss-reactive ketones (excluding diaryl/α,β-unsaturated/α-hetero) is 1. The average Bonchev–Trinajstić information content (AvgIpc) is 3.01. The van der Waals surface area contributed by atoms with E-state index in [2.05, 4.69) is 15.5 Å². The zero-order chi connectivity index (χ0) is 14.1. The van der Waals surface area contributed by atoms with E-state index in [1.54, 1.807) is 11.7 Å². The number of fused-ring (bicyclic) bond motifs is 1. The molecule has 0 fully saturated rings. The zero-order valence-corrected chi connectivity index (χ0v) is 12.0. The minimum atomic E-state index is 0.0785. The van der Waals surface area contributed by atoms with Crippen LogP contribution in [-0.4, -0.2) is 36.3 Å². The molecule has 6 nitrogen and oxygen atoms in total. The van der Waals surface area contributed by atoms with Gasteiger partial charge in [0.15, 0.2) is 5.78 Å². The molecule has 2 aromatic heterocycles. The number of aryl methyl sites for hydroxylation is 2. The van der Waals surface area contributed by atoms with E-state index < -0.39 is 0 Å². The van der Waals surface area contributed by atoms with E-state index in [9.17, 15) is 4.79 Å². The van der Waals surface area contributed by atoms with Crippen LogP contribution in [0.1, 0.15) is 10.4 Å². The Hall–Kier alpha value is -2.15. The molecule has 0 saturated heterocycles. The summed E-state index contributed by atoms with van der Waals surface area (Å²) in [6.45, 7) is 0. The monoisotopic (exact) mass is 287 g/mol. The van der Waals surface area contributed by atoms with Crippen molar-refractivity contribution in [2.24, 2.45) is 14.1 Å². The largest absolute Gasteiger partial charge is 0.350 e.